The summed E-state index contributed by atoms with van der Waals surface area (Å²) in [5.74, 6) is -1.25. The molecule has 1 fully saturated rings. The van der Waals surface area contributed by atoms with Crippen molar-refractivity contribution >= 4 is 33.2 Å². The van der Waals surface area contributed by atoms with Crippen molar-refractivity contribution in [3.8, 4) is 0 Å². The maximum absolute atomic E-state index is 13.2. The second kappa shape index (κ2) is 7.73. The molecule has 0 saturated carbocycles. The number of anilines is 1. The Labute approximate surface area is 156 Å². The highest BCUT2D eigenvalue weighted by Gasteiger charge is 2.33. The van der Waals surface area contributed by atoms with Crippen molar-refractivity contribution in [3.63, 3.8) is 0 Å². The molecule has 0 spiro atoms. The van der Waals surface area contributed by atoms with Gasteiger partial charge in [-0.15, -0.1) is 0 Å². The average molecular weight is 397 g/mol. The summed E-state index contributed by atoms with van der Waals surface area (Å²) in [6, 6.07) is 11.6. The van der Waals surface area contributed by atoms with Gasteiger partial charge in [0.05, 0.1) is 10.8 Å². The second-order valence-corrected chi connectivity index (χ2v) is 8.53. The van der Waals surface area contributed by atoms with Crippen molar-refractivity contribution in [2.24, 2.45) is 5.92 Å². The lowest BCUT2D eigenvalue weighted by Crippen LogP contribution is -2.43. The van der Waals surface area contributed by atoms with Crippen LogP contribution in [0.5, 0.6) is 0 Å². The third-order valence-electron chi connectivity index (χ3n) is 4.30. The van der Waals surface area contributed by atoms with Crippen molar-refractivity contribution in [3.05, 3.63) is 59.4 Å². The molecule has 0 aromatic heterocycles. The fraction of sp³-hybridized carbons (Fsp3) is 0.278. The van der Waals surface area contributed by atoms with Crippen LogP contribution in [-0.4, -0.2) is 31.7 Å². The third kappa shape index (κ3) is 4.23. The predicted molar refractivity (Wildman–Crippen MR) is 98.0 cm³/mol. The molecule has 5 nitrogen and oxygen atoms in total. The Morgan fingerprint density at radius 1 is 1.19 bits per heavy atom. The fourth-order valence-electron chi connectivity index (χ4n) is 2.94. The molecule has 0 aliphatic carbocycles. The maximum atomic E-state index is 13.2. The largest absolute Gasteiger partial charge is 0.326 e. The van der Waals surface area contributed by atoms with E-state index in [0.717, 1.165) is 0 Å². The summed E-state index contributed by atoms with van der Waals surface area (Å²) in [6.45, 7) is 0.445. The molecule has 1 saturated heterocycles. The third-order valence-corrected chi connectivity index (χ3v) is 6.43. The van der Waals surface area contributed by atoms with Crippen LogP contribution in [0.15, 0.2) is 53.4 Å². The molecule has 2 aromatic rings. The first-order valence-corrected chi connectivity index (χ1v) is 10.0. The Morgan fingerprint density at radius 3 is 2.62 bits per heavy atom. The molecule has 1 N–H and O–H groups in total. The second-order valence-electron chi connectivity index (χ2n) is 6.16. The minimum absolute atomic E-state index is 0.0894. The number of nitrogens with one attached hydrogen (secondary N) is 1. The number of halogens is 2. The van der Waals surface area contributed by atoms with Gasteiger partial charge in [0.15, 0.2) is 0 Å². The average Bonchev–Trinajstić information content (AvgIpc) is 2.62. The van der Waals surface area contributed by atoms with Gasteiger partial charge in [-0.3, -0.25) is 4.79 Å². The van der Waals surface area contributed by atoms with E-state index in [0.29, 0.717) is 30.1 Å². The smallest absolute Gasteiger partial charge is 0.243 e. The van der Waals surface area contributed by atoms with E-state index in [1.54, 1.807) is 6.07 Å². The standard InChI is InChI=1S/C18H18ClFN2O3S/c19-14-6-8-17(9-7-14)26(24,25)22-10-2-3-13(12-22)18(23)21-16-5-1-4-15(20)11-16/h1,4-9,11,13H,2-3,10,12H2,(H,21,23)/t13-/m1/s1. The molecule has 0 unspecified atom stereocenters. The van der Waals surface area contributed by atoms with Gasteiger partial charge in [-0.25, -0.2) is 12.8 Å². The Hall–Kier alpha value is -1.96. The molecule has 138 valence electrons. The SMILES string of the molecule is O=C(Nc1cccc(F)c1)[C@@H]1CCCN(S(=O)(=O)c2ccc(Cl)cc2)C1. The van der Waals surface area contributed by atoms with Crippen LogP contribution in [0.2, 0.25) is 5.02 Å². The van der Waals surface area contributed by atoms with Crippen LogP contribution in [0.4, 0.5) is 10.1 Å². The molecule has 1 atom stereocenters. The van der Waals surface area contributed by atoms with Gasteiger partial charge in [0, 0.05) is 23.8 Å². The number of hydrogen-bond donors (Lipinski definition) is 1. The highest BCUT2D eigenvalue weighted by atomic mass is 35.5. The number of sulfonamides is 1. The molecule has 26 heavy (non-hydrogen) atoms. The number of amides is 1. The van der Waals surface area contributed by atoms with Gasteiger partial charge in [0.25, 0.3) is 0 Å². The minimum atomic E-state index is -3.69. The Balaban J connectivity index is 1.72. The topological polar surface area (TPSA) is 66.5 Å². The van der Waals surface area contributed by atoms with Gasteiger partial charge < -0.3 is 5.32 Å². The highest BCUT2D eigenvalue weighted by Crippen LogP contribution is 2.25. The van der Waals surface area contributed by atoms with Crippen molar-refractivity contribution in [2.45, 2.75) is 17.7 Å². The van der Waals surface area contributed by atoms with Crippen LogP contribution in [-0.2, 0) is 14.8 Å². The van der Waals surface area contributed by atoms with Gasteiger partial charge >= 0.3 is 0 Å². The predicted octanol–water partition coefficient (Wildman–Crippen LogP) is 3.52. The summed E-state index contributed by atoms with van der Waals surface area (Å²) >= 11 is 5.81. The van der Waals surface area contributed by atoms with E-state index in [-0.39, 0.29) is 17.3 Å². The number of rotatable bonds is 4. The number of hydrogen-bond acceptors (Lipinski definition) is 3. The summed E-state index contributed by atoms with van der Waals surface area (Å²) < 4.78 is 40.1. The van der Waals surface area contributed by atoms with Gasteiger partial charge in [-0.05, 0) is 55.3 Å². The van der Waals surface area contributed by atoms with Crippen molar-refractivity contribution < 1.29 is 17.6 Å². The monoisotopic (exact) mass is 396 g/mol. The van der Waals surface area contributed by atoms with Crippen molar-refractivity contribution in [2.75, 3.05) is 18.4 Å². The number of carbonyl (C=O) groups excluding carboxylic acids is 1. The van der Waals surface area contributed by atoms with Gasteiger partial charge in [0.1, 0.15) is 5.82 Å². The quantitative estimate of drug-likeness (QED) is 0.859. The van der Waals surface area contributed by atoms with Crippen LogP contribution >= 0.6 is 11.6 Å². The Bertz CT molecular complexity index is 903. The first-order chi connectivity index (χ1) is 12.4. The zero-order valence-corrected chi connectivity index (χ0v) is 15.4. The lowest BCUT2D eigenvalue weighted by molar-refractivity contribution is -0.120. The van der Waals surface area contributed by atoms with Crippen molar-refractivity contribution in [1.82, 2.24) is 4.31 Å². The number of benzene rings is 2. The summed E-state index contributed by atoms with van der Waals surface area (Å²) in [5.41, 5.74) is 0.354. The fourth-order valence-corrected chi connectivity index (χ4v) is 4.59. The zero-order valence-electron chi connectivity index (χ0n) is 13.9. The Morgan fingerprint density at radius 2 is 1.92 bits per heavy atom. The number of carbonyl (C=O) groups is 1. The molecular formula is C18H18ClFN2O3S. The first kappa shape index (κ1) is 18.8. The molecule has 0 radical (unpaired) electrons. The lowest BCUT2D eigenvalue weighted by Gasteiger charge is -2.31. The van der Waals surface area contributed by atoms with E-state index in [9.17, 15) is 17.6 Å². The van der Waals surface area contributed by atoms with E-state index in [2.05, 4.69) is 5.32 Å². The van der Waals surface area contributed by atoms with Gasteiger partial charge in [-0.2, -0.15) is 4.31 Å². The maximum Gasteiger partial charge on any atom is 0.243 e. The summed E-state index contributed by atoms with van der Waals surface area (Å²) in [6.07, 6.45) is 1.15. The van der Waals surface area contributed by atoms with Gasteiger partial charge in [0.2, 0.25) is 15.9 Å². The summed E-state index contributed by atoms with van der Waals surface area (Å²) in [4.78, 5) is 12.6. The van der Waals surface area contributed by atoms with E-state index in [4.69, 9.17) is 11.6 Å². The van der Waals surface area contributed by atoms with E-state index in [1.807, 2.05) is 0 Å². The molecule has 1 aliphatic rings. The molecule has 2 aromatic carbocycles. The van der Waals surface area contributed by atoms with Crippen molar-refractivity contribution in [1.29, 1.82) is 0 Å². The zero-order chi connectivity index (χ0) is 18.7. The lowest BCUT2D eigenvalue weighted by atomic mass is 9.99. The normalized spacial score (nSPS) is 18.5. The molecule has 1 heterocycles. The molecule has 1 amide bonds. The number of piperidine rings is 1. The van der Waals surface area contributed by atoms with Gasteiger partial charge in [-0.1, -0.05) is 17.7 Å². The molecule has 3 rings (SSSR count). The molecule has 1 aliphatic heterocycles. The van der Waals surface area contributed by atoms with E-state index >= 15 is 0 Å². The van der Waals surface area contributed by atoms with Crippen LogP contribution < -0.4 is 5.32 Å². The van der Waals surface area contributed by atoms with E-state index < -0.39 is 21.8 Å². The number of nitrogens with zero attached hydrogens (tertiary/aromatic N) is 1. The van der Waals surface area contributed by atoms with E-state index in [1.165, 1.54) is 46.8 Å². The minimum Gasteiger partial charge on any atom is -0.326 e. The Kier molecular flexibility index (Phi) is 5.60. The summed E-state index contributed by atoms with van der Waals surface area (Å²) in [7, 11) is -3.69. The molecule has 8 heteroatoms. The summed E-state index contributed by atoms with van der Waals surface area (Å²) in [5, 5.41) is 3.11. The first-order valence-electron chi connectivity index (χ1n) is 8.18. The van der Waals surface area contributed by atoms with Crippen LogP contribution in [0, 0.1) is 11.7 Å². The molecular weight excluding hydrogens is 379 g/mol. The van der Waals surface area contributed by atoms with Crippen LogP contribution in [0.3, 0.4) is 0 Å². The van der Waals surface area contributed by atoms with Crippen LogP contribution in [0.25, 0.3) is 0 Å². The molecule has 0 bridgehead atoms. The van der Waals surface area contributed by atoms with Crippen LogP contribution in [0.1, 0.15) is 12.8 Å². The highest BCUT2D eigenvalue weighted by molar-refractivity contribution is 7.89.